The summed E-state index contributed by atoms with van der Waals surface area (Å²) in [5, 5.41) is 9.04. The maximum absolute atomic E-state index is 12.9. The molecular formula is C22H24N4O2S. The van der Waals surface area contributed by atoms with Crippen molar-refractivity contribution < 1.29 is 9.53 Å². The molecule has 0 aliphatic heterocycles. The van der Waals surface area contributed by atoms with Gasteiger partial charge in [0.15, 0.2) is 11.0 Å². The third-order valence-corrected chi connectivity index (χ3v) is 5.55. The number of hydrogen-bond acceptors (Lipinski definition) is 5. The third kappa shape index (κ3) is 4.51. The zero-order valence-corrected chi connectivity index (χ0v) is 17.6. The number of ether oxygens (including phenoxy) is 1. The molecule has 2 aromatic carbocycles. The molecule has 0 radical (unpaired) electrons. The largest absolute Gasteiger partial charge is 0.496 e. The Morgan fingerprint density at radius 2 is 1.90 bits per heavy atom. The summed E-state index contributed by atoms with van der Waals surface area (Å²) in [4.78, 5) is 14.6. The van der Waals surface area contributed by atoms with Crippen molar-refractivity contribution in [3.63, 3.8) is 0 Å². The Morgan fingerprint density at radius 1 is 1.21 bits per heavy atom. The zero-order chi connectivity index (χ0) is 20.8. The van der Waals surface area contributed by atoms with Gasteiger partial charge in [-0.25, -0.2) is 0 Å². The van der Waals surface area contributed by atoms with Crippen LogP contribution < -0.4 is 9.64 Å². The lowest BCUT2D eigenvalue weighted by Gasteiger charge is -2.21. The fourth-order valence-corrected chi connectivity index (χ4v) is 3.91. The van der Waals surface area contributed by atoms with Gasteiger partial charge in [-0.15, -0.1) is 16.8 Å². The van der Waals surface area contributed by atoms with Crippen LogP contribution in [0, 0.1) is 0 Å². The molecule has 29 heavy (non-hydrogen) atoms. The van der Waals surface area contributed by atoms with Crippen molar-refractivity contribution in [3.05, 3.63) is 67.3 Å². The number of anilines is 1. The van der Waals surface area contributed by atoms with Crippen LogP contribution in [-0.4, -0.2) is 40.1 Å². The van der Waals surface area contributed by atoms with Crippen LogP contribution in [0.3, 0.4) is 0 Å². The number of aromatic nitrogens is 3. The van der Waals surface area contributed by atoms with Gasteiger partial charge in [-0.1, -0.05) is 48.2 Å². The summed E-state index contributed by atoms with van der Waals surface area (Å²) >= 11 is 1.38. The molecule has 150 valence electrons. The fourth-order valence-electron chi connectivity index (χ4n) is 2.96. The summed E-state index contributed by atoms with van der Waals surface area (Å²) in [5.41, 5.74) is 1.70. The molecule has 6 nitrogen and oxygen atoms in total. The van der Waals surface area contributed by atoms with E-state index < -0.39 is 0 Å². The molecule has 3 aromatic rings. The van der Waals surface area contributed by atoms with Crippen LogP contribution in [0.4, 0.5) is 5.69 Å². The summed E-state index contributed by atoms with van der Waals surface area (Å²) in [5.74, 6) is 1.39. The van der Waals surface area contributed by atoms with Crippen LogP contribution in [0.25, 0.3) is 11.4 Å². The number of methoxy groups -OCH3 is 1. The normalized spacial score (nSPS) is 11.7. The molecule has 0 aliphatic rings. The van der Waals surface area contributed by atoms with Gasteiger partial charge in [0, 0.05) is 19.3 Å². The number of allylic oxidation sites excluding steroid dienone is 1. The molecule has 0 saturated heterocycles. The maximum atomic E-state index is 12.9. The second kappa shape index (κ2) is 9.43. The van der Waals surface area contributed by atoms with Gasteiger partial charge in [0.2, 0.25) is 5.91 Å². The molecule has 1 amide bonds. The summed E-state index contributed by atoms with van der Waals surface area (Å²) in [7, 11) is 3.41. The van der Waals surface area contributed by atoms with Crippen molar-refractivity contribution in [2.24, 2.45) is 0 Å². The van der Waals surface area contributed by atoms with Crippen LogP contribution in [0.5, 0.6) is 5.75 Å². The van der Waals surface area contributed by atoms with E-state index in [4.69, 9.17) is 4.74 Å². The standard InChI is InChI=1S/C22H24N4O2S/c1-5-15-26-20(18-13-9-10-14-19(18)28-4)23-24-22(26)29-16(2)21(27)25(3)17-11-7-6-8-12-17/h5-14,16H,1,15H2,2-4H3. The first-order valence-corrected chi connectivity index (χ1v) is 10.1. The lowest BCUT2D eigenvalue weighted by atomic mass is 10.2. The van der Waals surface area contributed by atoms with Crippen molar-refractivity contribution in [1.29, 1.82) is 0 Å². The van der Waals surface area contributed by atoms with Gasteiger partial charge >= 0.3 is 0 Å². The first kappa shape index (κ1) is 20.7. The Labute approximate surface area is 175 Å². The molecule has 1 unspecified atom stereocenters. The molecule has 0 aliphatic carbocycles. The molecule has 0 fully saturated rings. The summed E-state index contributed by atoms with van der Waals surface area (Å²) < 4.78 is 7.41. The summed E-state index contributed by atoms with van der Waals surface area (Å²) in [6.07, 6.45) is 1.79. The Bertz CT molecular complexity index is 987. The number of nitrogens with zero attached hydrogens (tertiary/aromatic N) is 4. The van der Waals surface area contributed by atoms with E-state index in [0.717, 1.165) is 17.0 Å². The van der Waals surface area contributed by atoms with E-state index in [1.165, 1.54) is 11.8 Å². The van der Waals surface area contributed by atoms with Gasteiger partial charge in [0.1, 0.15) is 5.75 Å². The first-order chi connectivity index (χ1) is 14.1. The van der Waals surface area contributed by atoms with Crippen LogP contribution in [0.2, 0.25) is 0 Å². The minimum absolute atomic E-state index is 0.00630. The van der Waals surface area contributed by atoms with Gasteiger partial charge in [-0.2, -0.15) is 0 Å². The monoisotopic (exact) mass is 408 g/mol. The predicted octanol–water partition coefficient (Wildman–Crippen LogP) is 4.28. The third-order valence-electron chi connectivity index (χ3n) is 4.48. The second-order valence-corrected chi connectivity index (χ2v) is 7.71. The van der Waals surface area contributed by atoms with Crippen LogP contribution in [-0.2, 0) is 11.3 Å². The highest BCUT2D eigenvalue weighted by Gasteiger charge is 2.24. The van der Waals surface area contributed by atoms with E-state index in [1.54, 1.807) is 25.1 Å². The number of rotatable bonds is 8. The zero-order valence-electron chi connectivity index (χ0n) is 16.8. The number of para-hydroxylation sites is 2. The van der Waals surface area contributed by atoms with Gasteiger partial charge in [-0.05, 0) is 31.2 Å². The highest BCUT2D eigenvalue weighted by atomic mass is 32.2. The first-order valence-electron chi connectivity index (χ1n) is 9.23. The number of thioether (sulfide) groups is 1. The van der Waals surface area contributed by atoms with Crippen LogP contribution in [0.1, 0.15) is 6.92 Å². The summed E-state index contributed by atoms with van der Waals surface area (Å²) in [6.45, 7) is 6.25. The van der Waals surface area contributed by atoms with E-state index >= 15 is 0 Å². The number of hydrogen-bond donors (Lipinski definition) is 0. The molecule has 0 spiro atoms. The van der Waals surface area contributed by atoms with Gasteiger partial charge in [0.05, 0.1) is 17.9 Å². The molecule has 1 heterocycles. The van der Waals surface area contributed by atoms with Crippen LogP contribution >= 0.6 is 11.8 Å². The fraction of sp³-hybridized carbons (Fsp3) is 0.227. The average Bonchev–Trinajstić information content (AvgIpc) is 3.15. The number of amides is 1. The quantitative estimate of drug-likeness (QED) is 0.411. The minimum atomic E-state index is -0.335. The lowest BCUT2D eigenvalue weighted by Crippen LogP contribution is -2.33. The summed E-state index contributed by atoms with van der Waals surface area (Å²) in [6, 6.07) is 17.2. The van der Waals surface area contributed by atoms with Crippen molar-refractivity contribution in [2.75, 3.05) is 19.1 Å². The Hall–Kier alpha value is -3.06. The molecule has 1 aromatic heterocycles. The SMILES string of the molecule is C=CCn1c(SC(C)C(=O)N(C)c2ccccc2)nnc1-c1ccccc1OC. The lowest BCUT2D eigenvalue weighted by molar-refractivity contribution is -0.117. The highest BCUT2D eigenvalue weighted by molar-refractivity contribution is 8.00. The van der Waals surface area contributed by atoms with Crippen molar-refractivity contribution in [1.82, 2.24) is 14.8 Å². The van der Waals surface area contributed by atoms with Crippen molar-refractivity contribution in [3.8, 4) is 17.1 Å². The van der Waals surface area contributed by atoms with Crippen molar-refractivity contribution in [2.45, 2.75) is 23.9 Å². The molecule has 7 heteroatoms. The van der Waals surface area contributed by atoms with Crippen LogP contribution in [0.15, 0.2) is 72.4 Å². The average molecular weight is 409 g/mol. The van der Waals surface area contributed by atoms with Gasteiger partial charge in [-0.3, -0.25) is 9.36 Å². The van der Waals surface area contributed by atoms with E-state index in [9.17, 15) is 4.79 Å². The topological polar surface area (TPSA) is 60.2 Å². The van der Waals surface area contributed by atoms with Gasteiger partial charge in [0.25, 0.3) is 0 Å². The number of carbonyl (C=O) groups is 1. The molecule has 0 N–H and O–H groups in total. The van der Waals surface area contributed by atoms with E-state index in [-0.39, 0.29) is 11.2 Å². The van der Waals surface area contributed by atoms with E-state index in [0.29, 0.717) is 17.5 Å². The number of carbonyl (C=O) groups excluding carboxylic acids is 1. The second-order valence-electron chi connectivity index (χ2n) is 6.40. The molecule has 0 bridgehead atoms. The smallest absolute Gasteiger partial charge is 0.240 e. The van der Waals surface area contributed by atoms with Gasteiger partial charge < -0.3 is 9.64 Å². The van der Waals surface area contributed by atoms with Crippen molar-refractivity contribution >= 4 is 23.4 Å². The Morgan fingerprint density at radius 3 is 2.59 bits per heavy atom. The molecular weight excluding hydrogens is 384 g/mol. The predicted molar refractivity (Wildman–Crippen MR) is 117 cm³/mol. The Balaban J connectivity index is 1.86. The minimum Gasteiger partial charge on any atom is -0.496 e. The highest BCUT2D eigenvalue weighted by Crippen LogP contribution is 2.32. The number of benzene rings is 2. The van der Waals surface area contributed by atoms with E-state index in [1.807, 2.05) is 66.1 Å². The Kier molecular flexibility index (Phi) is 6.72. The molecule has 3 rings (SSSR count). The maximum Gasteiger partial charge on any atom is 0.240 e. The van der Waals surface area contributed by atoms with E-state index in [2.05, 4.69) is 16.8 Å². The molecule has 1 atom stereocenters. The molecule has 0 saturated carbocycles.